The highest BCUT2D eigenvalue weighted by atomic mass is 19.1. The summed E-state index contributed by atoms with van der Waals surface area (Å²) in [7, 11) is 0. The van der Waals surface area contributed by atoms with E-state index in [0.717, 1.165) is 5.56 Å². The summed E-state index contributed by atoms with van der Waals surface area (Å²) >= 11 is 0. The van der Waals surface area contributed by atoms with Crippen LogP contribution in [0, 0.1) is 11.2 Å². The van der Waals surface area contributed by atoms with Crippen LogP contribution in [0.4, 0.5) is 10.1 Å². The molecule has 7 heteroatoms. The summed E-state index contributed by atoms with van der Waals surface area (Å²) in [5.74, 6) is -0.429. The quantitative estimate of drug-likeness (QED) is 0.413. The third-order valence-corrected chi connectivity index (χ3v) is 4.77. The molecule has 0 saturated carbocycles. The minimum atomic E-state index is -0.429. The van der Waals surface area contributed by atoms with Gasteiger partial charge in [-0.3, -0.25) is 9.36 Å². The fraction of sp³-hybridized carbons (Fsp3) is 0.0909. The molecule has 0 fully saturated rings. The lowest BCUT2D eigenvalue weighted by Crippen LogP contribution is -2.22. The summed E-state index contributed by atoms with van der Waals surface area (Å²) in [6, 6.07) is 13.6. The largest absolute Gasteiger partial charge is 0.398 e. The highest BCUT2D eigenvalue weighted by Crippen LogP contribution is 2.26. The van der Waals surface area contributed by atoms with Crippen molar-refractivity contribution in [1.82, 2.24) is 14.5 Å². The van der Waals surface area contributed by atoms with Crippen molar-refractivity contribution in [2.45, 2.75) is 13.5 Å². The number of pyridine rings is 1. The monoisotopic (exact) mass is 387 g/mol. The first-order valence-corrected chi connectivity index (χ1v) is 8.98. The zero-order chi connectivity index (χ0) is 20.5. The number of anilines is 1. The van der Waals surface area contributed by atoms with Gasteiger partial charge in [0, 0.05) is 28.7 Å². The zero-order valence-electron chi connectivity index (χ0n) is 15.7. The van der Waals surface area contributed by atoms with Crippen LogP contribution in [0.1, 0.15) is 18.1 Å². The predicted octanol–water partition coefficient (Wildman–Crippen LogP) is 3.62. The predicted molar refractivity (Wildman–Crippen MR) is 112 cm³/mol. The number of nitrogens with one attached hydrogen (secondary N) is 1. The van der Waals surface area contributed by atoms with Crippen molar-refractivity contribution in [3.63, 3.8) is 0 Å². The molecule has 0 aliphatic heterocycles. The Labute approximate surface area is 166 Å². The first kappa shape index (κ1) is 18.5. The number of nitrogens with two attached hydrogens (primary N) is 1. The molecule has 0 spiro atoms. The van der Waals surface area contributed by atoms with Crippen LogP contribution in [-0.4, -0.2) is 20.2 Å². The van der Waals surface area contributed by atoms with Gasteiger partial charge in [-0.1, -0.05) is 24.3 Å². The van der Waals surface area contributed by atoms with Crippen LogP contribution in [0.2, 0.25) is 0 Å². The van der Waals surface area contributed by atoms with Gasteiger partial charge >= 0.3 is 0 Å². The summed E-state index contributed by atoms with van der Waals surface area (Å²) in [4.78, 5) is 20.6. The minimum absolute atomic E-state index is 0.0506. The minimum Gasteiger partial charge on any atom is -0.398 e. The molecule has 144 valence electrons. The molecule has 0 radical (unpaired) electrons. The van der Waals surface area contributed by atoms with E-state index in [2.05, 4.69) is 9.97 Å². The maximum atomic E-state index is 14.8. The molecule has 0 bridgehead atoms. The second kappa shape index (κ2) is 7.27. The molecular weight excluding hydrogens is 369 g/mol. The Bertz CT molecular complexity index is 1310. The Morgan fingerprint density at radius 1 is 1.14 bits per heavy atom. The normalized spacial score (nSPS) is 11.0. The van der Waals surface area contributed by atoms with E-state index in [1.54, 1.807) is 49.5 Å². The Morgan fingerprint density at radius 3 is 2.62 bits per heavy atom. The lowest BCUT2D eigenvalue weighted by molar-refractivity contribution is 0.599. The number of halogens is 1. The van der Waals surface area contributed by atoms with E-state index in [0.29, 0.717) is 39.3 Å². The molecule has 2 aromatic carbocycles. The molecule has 4 rings (SSSR count). The van der Waals surface area contributed by atoms with E-state index in [4.69, 9.17) is 11.1 Å². The van der Waals surface area contributed by atoms with Crippen molar-refractivity contribution >= 4 is 22.6 Å². The fourth-order valence-corrected chi connectivity index (χ4v) is 3.26. The Hall–Kier alpha value is -3.87. The highest BCUT2D eigenvalue weighted by Gasteiger charge is 2.11. The summed E-state index contributed by atoms with van der Waals surface area (Å²) < 4.78 is 16.2. The van der Waals surface area contributed by atoms with Gasteiger partial charge in [0.15, 0.2) is 5.65 Å². The van der Waals surface area contributed by atoms with Crippen molar-refractivity contribution in [1.29, 1.82) is 5.41 Å². The van der Waals surface area contributed by atoms with Gasteiger partial charge in [0.05, 0.1) is 12.7 Å². The van der Waals surface area contributed by atoms with E-state index >= 15 is 0 Å². The third-order valence-electron chi connectivity index (χ3n) is 4.77. The van der Waals surface area contributed by atoms with Crippen LogP contribution in [-0.2, 0) is 6.54 Å². The molecule has 0 amide bonds. The summed E-state index contributed by atoms with van der Waals surface area (Å²) in [6.45, 7) is 1.72. The van der Waals surface area contributed by atoms with Gasteiger partial charge < -0.3 is 11.1 Å². The van der Waals surface area contributed by atoms with Crippen molar-refractivity contribution in [3.05, 3.63) is 88.2 Å². The van der Waals surface area contributed by atoms with Gasteiger partial charge in [-0.2, -0.15) is 0 Å². The number of aromatic nitrogens is 3. The molecule has 0 atom stereocenters. The van der Waals surface area contributed by atoms with Crippen LogP contribution in [0.25, 0.3) is 22.3 Å². The average molecular weight is 387 g/mol. The topological polar surface area (TPSA) is 97.6 Å². The fourth-order valence-electron chi connectivity index (χ4n) is 3.26. The highest BCUT2D eigenvalue weighted by molar-refractivity contribution is 6.01. The van der Waals surface area contributed by atoms with Gasteiger partial charge in [0.2, 0.25) is 0 Å². The first-order chi connectivity index (χ1) is 13.9. The molecule has 3 N–H and O–H groups in total. The van der Waals surface area contributed by atoms with Crippen LogP contribution >= 0.6 is 0 Å². The maximum absolute atomic E-state index is 14.8. The third kappa shape index (κ3) is 3.50. The summed E-state index contributed by atoms with van der Waals surface area (Å²) in [5, 5.41) is 7.72. The molecular formula is C22H18FN5O. The number of nitrogens with zero attached hydrogens (tertiary/aromatic N) is 3. The first-order valence-electron chi connectivity index (χ1n) is 8.98. The van der Waals surface area contributed by atoms with Gasteiger partial charge in [0.1, 0.15) is 11.3 Å². The second-order valence-electron chi connectivity index (χ2n) is 6.76. The molecule has 0 unspecified atom stereocenters. The summed E-state index contributed by atoms with van der Waals surface area (Å²) in [5.41, 5.74) is 9.94. The number of nitrogen functional groups attached to an aromatic ring is 1. The second-order valence-corrected chi connectivity index (χ2v) is 6.76. The number of hydrogen-bond acceptors (Lipinski definition) is 5. The van der Waals surface area contributed by atoms with Crippen molar-refractivity contribution in [3.8, 4) is 11.1 Å². The maximum Gasteiger partial charge on any atom is 0.270 e. The number of fused-ring (bicyclic) bond motifs is 1. The SMILES string of the molecule is CC(=N)c1ccc(-c2ccc(Cn3c(=O)cnc4cccnc43)c(F)c2)cc1N. The lowest BCUT2D eigenvalue weighted by Gasteiger charge is -2.11. The van der Waals surface area contributed by atoms with Crippen molar-refractivity contribution in [2.24, 2.45) is 0 Å². The Balaban J connectivity index is 1.71. The van der Waals surface area contributed by atoms with Gasteiger partial charge in [-0.05, 0) is 42.3 Å². The molecule has 2 heterocycles. The van der Waals surface area contributed by atoms with Crippen LogP contribution in [0.15, 0.2) is 65.7 Å². The van der Waals surface area contributed by atoms with E-state index < -0.39 is 5.82 Å². The van der Waals surface area contributed by atoms with E-state index in [-0.39, 0.29) is 12.1 Å². The number of benzene rings is 2. The van der Waals surface area contributed by atoms with Gasteiger partial charge in [0.25, 0.3) is 5.56 Å². The molecule has 6 nitrogen and oxygen atoms in total. The lowest BCUT2D eigenvalue weighted by atomic mass is 9.99. The molecule has 4 aromatic rings. The number of rotatable bonds is 4. The van der Waals surface area contributed by atoms with Crippen LogP contribution in [0.5, 0.6) is 0 Å². The molecule has 0 saturated heterocycles. The van der Waals surface area contributed by atoms with Crippen molar-refractivity contribution < 1.29 is 4.39 Å². The van der Waals surface area contributed by atoms with E-state index in [1.165, 1.54) is 16.8 Å². The Morgan fingerprint density at radius 2 is 1.90 bits per heavy atom. The van der Waals surface area contributed by atoms with Gasteiger partial charge in [-0.15, -0.1) is 0 Å². The van der Waals surface area contributed by atoms with Crippen LogP contribution in [0.3, 0.4) is 0 Å². The zero-order valence-corrected chi connectivity index (χ0v) is 15.7. The van der Waals surface area contributed by atoms with Gasteiger partial charge in [-0.25, -0.2) is 14.4 Å². The molecule has 0 aliphatic carbocycles. The summed E-state index contributed by atoms with van der Waals surface area (Å²) in [6.07, 6.45) is 2.79. The molecule has 2 aromatic heterocycles. The number of hydrogen-bond donors (Lipinski definition) is 2. The standard InChI is InChI=1S/C22H18FN5O/c1-13(24)17-7-6-15(10-19(17)25)14-4-5-16(18(23)9-14)12-28-21(29)11-27-20-3-2-8-26-22(20)28/h2-11,24H,12,25H2,1H3. The van der Waals surface area contributed by atoms with Crippen LogP contribution < -0.4 is 11.3 Å². The smallest absolute Gasteiger partial charge is 0.270 e. The van der Waals surface area contributed by atoms with E-state index in [9.17, 15) is 9.18 Å². The molecule has 29 heavy (non-hydrogen) atoms. The van der Waals surface area contributed by atoms with E-state index in [1.807, 2.05) is 6.07 Å². The Kier molecular flexibility index (Phi) is 4.64. The van der Waals surface area contributed by atoms with Crippen molar-refractivity contribution in [2.75, 3.05) is 5.73 Å². The molecule has 0 aliphatic rings. The average Bonchev–Trinajstić information content (AvgIpc) is 2.71.